The molecule has 0 radical (unpaired) electrons. The molecule has 2 N–H and O–H groups in total. The normalized spacial score (nSPS) is 11.7. The molecule has 0 aliphatic heterocycles. The van der Waals surface area contributed by atoms with Gasteiger partial charge in [0.25, 0.3) is 0 Å². The topological polar surface area (TPSA) is 51.4 Å². The van der Waals surface area contributed by atoms with Gasteiger partial charge in [-0.3, -0.25) is 0 Å². The van der Waals surface area contributed by atoms with Crippen molar-refractivity contribution in [2.45, 2.75) is 6.18 Å². The second kappa shape index (κ2) is 7.06. The molecule has 4 nitrogen and oxygen atoms in total. The van der Waals surface area contributed by atoms with Gasteiger partial charge in [0.1, 0.15) is 5.82 Å². The maximum absolute atomic E-state index is 13.0. The highest BCUT2D eigenvalue weighted by Gasteiger charge is 2.36. The van der Waals surface area contributed by atoms with Crippen molar-refractivity contribution in [2.24, 2.45) is 5.73 Å². The summed E-state index contributed by atoms with van der Waals surface area (Å²) in [6, 6.07) is 1.01. The van der Waals surface area contributed by atoms with Gasteiger partial charge in [0.15, 0.2) is 0 Å². The zero-order valence-corrected chi connectivity index (χ0v) is 12.0. The van der Waals surface area contributed by atoms with E-state index >= 15 is 0 Å². The van der Waals surface area contributed by atoms with Gasteiger partial charge in [-0.15, -0.1) is 0 Å². The lowest BCUT2D eigenvalue weighted by Crippen LogP contribution is -2.34. The van der Waals surface area contributed by atoms with Crippen LogP contribution in [0.4, 0.5) is 19.0 Å². The first kappa shape index (κ1) is 16.2. The van der Waals surface area contributed by atoms with Crippen molar-refractivity contribution < 1.29 is 17.9 Å². The maximum atomic E-state index is 13.0. The summed E-state index contributed by atoms with van der Waals surface area (Å²) in [5.74, 6) is -0.127. The number of alkyl halides is 3. The Morgan fingerprint density at radius 2 is 2.11 bits per heavy atom. The molecule has 19 heavy (non-hydrogen) atoms. The van der Waals surface area contributed by atoms with Crippen molar-refractivity contribution in [3.63, 3.8) is 0 Å². The summed E-state index contributed by atoms with van der Waals surface area (Å²) in [6.07, 6.45) is -3.13. The van der Waals surface area contributed by atoms with Crippen molar-refractivity contribution in [1.29, 1.82) is 0 Å². The molecule has 0 aliphatic rings. The number of nitrogens with two attached hydrogens (primary N) is 1. The zero-order valence-electron chi connectivity index (χ0n) is 10.4. The summed E-state index contributed by atoms with van der Waals surface area (Å²) in [5, 5.41) is 0. The first-order valence-electron chi connectivity index (χ1n) is 5.56. The van der Waals surface area contributed by atoms with Crippen molar-refractivity contribution in [3.8, 4) is 0 Å². The summed E-state index contributed by atoms with van der Waals surface area (Å²) in [7, 11) is 1.49. The smallest absolute Gasteiger partial charge is 0.383 e. The van der Waals surface area contributed by atoms with Crippen LogP contribution in [0.15, 0.2) is 16.7 Å². The van der Waals surface area contributed by atoms with E-state index in [2.05, 4.69) is 20.9 Å². The van der Waals surface area contributed by atoms with Gasteiger partial charge in [-0.1, -0.05) is 0 Å². The number of pyridine rings is 1. The van der Waals surface area contributed by atoms with Crippen molar-refractivity contribution >= 4 is 21.7 Å². The molecule has 0 atom stereocenters. The lowest BCUT2D eigenvalue weighted by atomic mass is 10.2. The minimum absolute atomic E-state index is 0.127. The van der Waals surface area contributed by atoms with Crippen LogP contribution in [0.25, 0.3) is 0 Å². The van der Waals surface area contributed by atoms with E-state index in [1.807, 2.05) is 0 Å². The van der Waals surface area contributed by atoms with Crippen LogP contribution in [0.1, 0.15) is 5.56 Å². The fourth-order valence-corrected chi connectivity index (χ4v) is 1.90. The van der Waals surface area contributed by atoms with Crippen LogP contribution in [0.2, 0.25) is 0 Å². The number of nitrogens with zero attached hydrogens (tertiary/aromatic N) is 2. The Labute approximate surface area is 117 Å². The third-order valence-electron chi connectivity index (χ3n) is 2.40. The Morgan fingerprint density at radius 3 is 2.63 bits per heavy atom. The first-order chi connectivity index (χ1) is 8.90. The summed E-state index contributed by atoms with van der Waals surface area (Å²) < 4.78 is 44.2. The number of methoxy groups -OCH3 is 1. The van der Waals surface area contributed by atoms with Gasteiger partial charge in [0.05, 0.1) is 12.2 Å². The predicted octanol–water partition coefficient (Wildman–Crippen LogP) is 2.27. The van der Waals surface area contributed by atoms with Crippen LogP contribution < -0.4 is 10.6 Å². The number of rotatable bonds is 6. The summed E-state index contributed by atoms with van der Waals surface area (Å²) >= 11 is 3.00. The van der Waals surface area contributed by atoms with E-state index in [1.54, 1.807) is 0 Å². The highest BCUT2D eigenvalue weighted by atomic mass is 79.9. The molecule has 0 spiro atoms. The molecule has 0 saturated heterocycles. The van der Waals surface area contributed by atoms with Gasteiger partial charge in [-0.05, 0) is 22.0 Å². The molecule has 1 aromatic rings. The van der Waals surface area contributed by atoms with Gasteiger partial charge in [0.2, 0.25) is 0 Å². The lowest BCUT2D eigenvalue weighted by Gasteiger charge is -2.25. The molecule has 1 rings (SSSR count). The monoisotopic (exact) mass is 341 g/mol. The second-order valence-electron chi connectivity index (χ2n) is 3.79. The van der Waals surface area contributed by atoms with Crippen molar-refractivity contribution in [3.05, 3.63) is 22.3 Å². The minimum Gasteiger partial charge on any atom is -0.383 e. The summed E-state index contributed by atoms with van der Waals surface area (Å²) in [6.45, 7) is 1.11. The highest BCUT2D eigenvalue weighted by molar-refractivity contribution is 9.10. The molecule has 0 saturated carbocycles. The summed E-state index contributed by atoms with van der Waals surface area (Å²) in [4.78, 5) is 5.34. The van der Waals surface area contributed by atoms with Gasteiger partial charge >= 0.3 is 6.18 Å². The number of aromatic nitrogens is 1. The third-order valence-corrected chi connectivity index (χ3v) is 2.84. The maximum Gasteiger partial charge on any atom is 0.419 e. The van der Waals surface area contributed by atoms with Gasteiger partial charge in [0, 0.05) is 37.4 Å². The number of hydrogen-bond acceptors (Lipinski definition) is 4. The fraction of sp³-hybridized carbons (Fsp3) is 0.545. The Balaban J connectivity index is 3.14. The van der Waals surface area contributed by atoms with E-state index in [-0.39, 0.29) is 23.4 Å². The van der Waals surface area contributed by atoms with E-state index in [0.29, 0.717) is 13.2 Å². The molecule has 1 heterocycles. The van der Waals surface area contributed by atoms with E-state index < -0.39 is 11.7 Å². The molecule has 0 unspecified atom stereocenters. The van der Waals surface area contributed by atoms with Crippen LogP contribution in [-0.4, -0.2) is 38.3 Å². The molecular weight excluding hydrogens is 327 g/mol. The fourth-order valence-electron chi connectivity index (χ4n) is 1.57. The Hall–Kier alpha value is -0.860. The zero-order chi connectivity index (χ0) is 14.5. The van der Waals surface area contributed by atoms with Gasteiger partial charge in [-0.2, -0.15) is 13.2 Å². The molecule has 1 aromatic heterocycles. The minimum atomic E-state index is -4.47. The quantitative estimate of drug-likeness (QED) is 0.862. The molecule has 0 aromatic carbocycles. The molecule has 8 heteroatoms. The van der Waals surface area contributed by atoms with E-state index in [1.165, 1.54) is 18.2 Å². The van der Waals surface area contributed by atoms with Gasteiger partial charge < -0.3 is 15.4 Å². The molecule has 0 amide bonds. The van der Waals surface area contributed by atoms with Crippen LogP contribution in [0.3, 0.4) is 0 Å². The van der Waals surface area contributed by atoms with Crippen molar-refractivity contribution in [1.82, 2.24) is 4.98 Å². The Kier molecular flexibility index (Phi) is 6.02. The lowest BCUT2D eigenvalue weighted by molar-refractivity contribution is -0.137. The first-order valence-corrected chi connectivity index (χ1v) is 6.36. The number of halogens is 4. The SMILES string of the molecule is COCCN(CCN)c1ncc(Br)cc1C(F)(F)F. The van der Waals surface area contributed by atoms with Crippen LogP contribution in [0, 0.1) is 0 Å². The second-order valence-corrected chi connectivity index (χ2v) is 4.71. The average molecular weight is 342 g/mol. The van der Waals surface area contributed by atoms with Crippen LogP contribution in [0.5, 0.6) is 0 Å². The largest absolute Gasteiger partial charge is 0.419 e. The molecule has 0 fully saturated rings. The standard InChI is InChI=1S/C11H15BrF3N3O/c1-19-5-4-18(3-2-16)10-9(11(13,14)15)6-8(12)7-17-10/h6-7H,2-5,16H2,1H3. The Bertz CT molecular complexity index is 415. The van der Waals surface area contributed by atoms with Crippen LogP contribution in [-0.2, 0) is 10.9 Å². The number of hydrogen-bond donors (Lipinski definition) is 1. The number of anilines is 1. The van der Waals surface area contributed by atoms with E-state index in [4.69, 9.17) is 10.5 Å². The van der Waals surface area contributed by atoms with Crippen LogP contribution >= 0.6 is 15.9 Å². The third kappa shape index (κ3) is 4.63. The average Bonchev–Trinajstić information content (AvgIpc) is 2.33. The highest BCUT2D eigenvalue weighted by Crippen LogP contribution is 2.36. The molecular formula is C11H15BrF3N3O. The molecule has 108 valence electrons. The molecule has 0 bridgehead atoms. The van der Waals surface area contributed by atoms with Crippen molar-refractivity contribution in [2.75, 3.05) is 38.3 Å². The van der Waals surface area contributed by atoms with E-state index in [9.17, 15) is 13.2 Å². The number of ether oxygens (including phenoxy) is 1. The van der Waals surface area contributed by atoms with E-state index in [0.717, 1.165) is 6.07 Å². The summed E-state index contributed by atoms with van der Waals surface area (Å²) in [5.41, 5.74) is 4.64. The Morgan fingerprint density at radius 1 is 1.42 bits per heavy atom. The molecule has 0 aliphatic carbocycles. The predicted molar refractivity (Wildman–Crippen MR) is 70.1 cm³/mol. The van der Waals surface area contributed by atoms with Gasteiger partial charge in [-0.25, -0.2) is 4.98 Å².